The fourth-order valence-corrected chi connectivity index (χ4v) is 2.09. The second-order valence-electron chi connectivity index (χ2n) is 4.29. The van der Waals surface area contributed by atoms with Crippen LogP contribution in [0.15, 0.2) is 12.1 Å². The van der Waals surface area contributed by atoms with Crippen molar-refractivity contribution in [3.05, 3.63) is 28.8 Å². The molecule has 0 aliphatic carbocycles. The zero-order chi connectivity index (χ0) is 14.2. The zero-order valence-electron chi connectivity index (χ0n) is 10.5. The van der Waals surface area contributed by atoms with E-state index in [9.17, 15) is 9.18 Å². The molecule has 102 valence electrons. The lowest BCUT2D eigenvalue weighted by Gasteiger charge is -2.12. The highest BCUT2D eigenvalue weighted by Crippen LogP contribution is 2.24. The molecule has 1 aromatic heterocycles. The molecule has 4 nitrogen and oxygen atoms in total. The molecule has 0 saturated heterocycles. The van der Waals surface area contributed by atoms with E-state index in [1.54, 1.807) is 18.7 Å². The van der Waals surface area contributed by atoms with Gasteiger partial charge in [0.25, 0.3) is 0 Å². The molecule has 19 heavy (non-hydrogen) atoms. The predicted molar refractivity (Wildman–Crippen MR) is 73.0 cm³/mol. The summed E-state index contributed by atoms with van der Waals surface area (Å²) in [5.41, 5.74) is 1.03. The summed E-state index contributed by atoms with van der Waals surface area (Å²) in [6.45, 7) is 0.0908. The third-order valence-corrected chi connectivity index (χ3v) is 3.31. The molecule has 0 radical (unpaired) electrons. The van der Waals surface area contributed by atoms with Crippen LogP contribution in [0.3, 0.4) is 0 Å². The number of amides is 1. The van der Waals surface area contributed by atoms with Crippen molar-refractivity contribution in [2.75, 3.05) is 14.1 Å². The van der Waals surface area contributed by atoms with Gasteiger partial charge < -0.3 is 9.47 Å². The van der Waals surface area contributed by atoms with Crippen LogP contribution >= 0.6 is 23.2 Å². The molecule has 0 N–H and O–H groups in total. The van der Waals surface area contributed by atoms with Crippen molar-refractivity contribution in [1.82, 2.24) is 14.5 Å². The molecule has 2 rings (SSSR count). The first-order chi connectivity index (χ1) is 8.93. The summed E-state index contributed by atoms with van der Waals surface area (Å²) in [6, 6.07) is 2.70. The SMILES string of the molecule is CN(C)C(=O)Cn1c(CCl)nc2cc(F)c(Cl)cc21. The molecule has 1 heterocycles. The number of imidazole rings is 1. The van der Waals surface area contributed by atoms with Crippen molar-refractivity contribution in [2.24, 2.45) is 0 Å². The fraction of sp³-hybridized carbons (Fsp3) is 0.333. The fourth-order valence-electron chi connectivity index (χ4n) is 1.73. The first-order valence-corrected chi connectivity index (χ1v) is 6.45. The van der Waals surface area contributed by atoms with Gasteiger partial charge in [0.2, 0.25) is 5.91 Å². The molecule has 0 aliphatic heterocycles. The third kappa shape index (κ3) is 2.67. The number of carbonyl (C=O) groups is 1. The van der Waals surface area contributed by atoms with Gasteiger partial charge in [0.15, 0.2) is 0 Å². The molecule has 0 fully saturated rings. The van der Waals surface area contributed by atoms with Gasteiger partial charge in [-0.2, -0.15) is 0 Å². The normalized spacial score (nSPS) is 11.0. The molecule has 0 atom stereocenters. The summed E-state index contributed by atoms with van der Waals surface area (Å²) in [5.74, 6) is -0.00670. The highest BCUT2D eigenvalue weighted by Gasteiger charge is 2.16. The summed E-state index contributed by atoms with van der Waals surface area (Å²) >= 11 is 11.6. The molecule has 0 bridgehead atoms. The van der Waals surface area contributed by atoms with Crippen molar-refractivity contribution in [3.63, 3.8) is 0 Å². The van der Waals surface area contributed by atoms with Gasteiger partial charge in [-0.25, -0.2) is 9.37 Å². The van der Waals surface area contributed by atoms with Crippen LogP contribution in [-0.4, -0.2) is 34.5 Å². The molecule has 0 unspecified atom stereocenters. The lowest BCUT2D eigenvalue weighted by Crippen LogP contribution is -2.26. The van der Waals surface area contributed by atoms with Crippen molar-refractivity contribution in [3.8, 4) is 0 Å². The van der Waals surface area contributed by atoms with Crippen LogP contribution in [0.4, 0.5) is 4.39 Å². The van der Waals surface area contributed by atoms with Crippen molar-refractivity contribution >= 4 is 40.1 Å². The quantitative estimate of drug-likeness (QED) is 0.818. The lowest BCUT2D eigenvalue weighted by atomic mass is 10.3. The Bertz CT molecular complexity index is 639. The minimum atomic E-state index is -0.543. The Labute approximate surface area is 119 Å². The van der Waals surface area contributed by atoms with Crippen LogP contribution in [0, 0.1) is 5.82 Å². The predicted octanol–water partition coefficient (Wildman–Crippen LogP) is 2.66. The maximum Gasteiger partial charge on any atom is 0.242 e. The number of halogens is 3. The van der Waals surface area contributed by atoms with E-state index in [2.05, 4.69) is 4.98 Å². The van der Waals surface area contributed by atoms with Gasteiger partial charge in [0, 0.05) is 20.2 Å². The summed E-state index contributed by atoms with van der Waals surface area (Å²) in [5, 5.41) is -0.00734. The van der Waals surface area contributed by atoms with Crippen molar-refractivity contribution < 1.29 is 9.18 Å². The zero-order valence-corrected chi connectivity index (χ0v) is 12.0. The highest BCUT2D eigenvalue weighted by atomic mass is 35.5. The van der Waals surface area contributed by atoms with E-state index in [0.29, 0.717) is 16.9 Å². The second kappa shape index (κ2) is 5.35. The number of aromatic nitrogens is 2. The minimum Gasteiger partial charge on any atom is -0.347 e. The number of nitrogens with zero attached hydrogens (tertiary/aromatic N) is 3. The van der Waals surface area contributed by atoms with E-state index in [4.69, 9.17) is 23.2 Å². The molecule has 1 amide bonds. The van der Waals surface area contributed by atoms with Gasteiger partial charge in [-0.05, 0) is 6.07 Å². The van der Waals surface area contributed by atoms with Crippen LogP contribution in [0.5, 0.6) is 0 Å². The summed E-state index contributed by atoms with van der Waals surface area (Å²) < 4.78 is 15.0. The summed E-state index contributed by atoms with van der Waals surface area (Å²) in [6.07, 6.45) is 0. The number of hydrogen-bond acceptors (Lipinski definition) is 2. The van der Waals surface area contributed by atoms with Gasteiger partial charge in [0.1, 0.15) is 18.2 Å². The molecular weight excluding hydrogens is 292 g/mol. The maximum absolute atomic E-state index is 13.4. The average molecular weight is 304 g/mol. The molecule has 7 heteroatoms. The third-order valence-electron chi connectivity index (χ3n) is 2.78. The molecule has 0 spiro atoms. The van der Waals surface area contributed by atoms with Gasteiger partial charge in [-0.15, -0.1) is 11.6 Å². The van der Waals surface area contributed by atoms with Crippen LogP contribution in [0.1, 0.15) is 5.82 Å². The van der Waals surface area contributed by atoms with Crippen molar-refractivity contribution in [1.29, 1.82) is 0 Å². The Kier molecular flexibility index (Phi) is 3.96. The number of alkyl halides is 1. The minimum absolute atomic E-state index is 0.00734. The number of fused-ring (bicyclic) bond motifs is 1. The number of benzene rings is 1. The van der Waals surface area contributed by atoms with E-state index in [1.165, 1.54) is 17.0 Å². The Morgan fingerprint density at radius 2 is 2.16 bits per heavy atom. The maximum atomic E-state index is 13.4. The van der Waals surface area contributed by atoms with Crippen LogP contribution in [0.25, 0.3) is 11.0 Å². The molecule has 2 aromatic rings. The lowest BCUT2D eigenvalue weighted by molar-refractivity contribution is -0.129. The number of rotatable bonds is 3. The van der Waals surface area contributed by atoms with Gasteiger partial charge in [-0.1, -0.05) is 11.6 Å². The summed E-state index contributed by atoms with van der Waals surface area (Å²) in [4.78, 5) is 17.5. The standard InChI is InChI=1S/C12H12Cl2FN3O/c1-17(2)12(19)6-18-10-3-7(14)8(15)4-9(10)16-11(18)5-13/h3-4H,5-6H2,1-2H3. The van der Waals surface area contributed by atoms with E-state index < -0.39 is 5.82 Å². The Hall–Kier alpha value is -1.33. The second-order valence-corrected chi connectivity index (χ2v) is 4.97. The Morgan fingerprint density at radius 1 is 1.47 bits per heavy atom. The van der Waals surface area contributed by atoms with Gasteiger partial charge >= 0.3 is 0 Å². The number of likely N-dealkylation sites (N-methyl/N-ethyl adjacent to an activating group) is 1. The van der Waals surface area contributed by atoms with Gasteiger partial charge in [-0.3, -0.25) is 4.79 Å². The van der Waals surface area contributed by atoms with Crippen LogP contribution in [-0.2, 0) is 17.2 Å². The van der Waals surface area contributed by atoms with Gasteiger partial charge in [0.05, 0.1) is 21.9 Å². The van der Waals surface area contributed by atoms with E-state index in [-0.39, 0.29) is 23.4 Å². The topological polar surface area (TPSA) is 38.1 Å². The molecular formula is C12H12Cl2FN3O. The smallest absolute Gasteiger partial charge is 0.242 e. The largest absolute Gasteiger partial charge is 0.347 e. The average Bonchev–Trinajstić information content (AvgIpc) is 2.67. The molecule has 1 aromatic carbocycles. The molecule has 0 aliphatic rings. The van der Waals surface area contributed by atoms with E-state index in [1.807, 2.05) is 0 Å². The van der Waals surface area contributed by atoms with Crippen molar-refractivity contribution in [2.45, 2.75) is 12.4 Å². The Morgan fingerprint density at radius 3 is 2.74 bits per heavy atom. The first kappa shape index (κ1) is 14.1. The first-order valence-electron chi connectivity index (χ1n) is 5.54. The van der Waals surface area contributed by atoms with Crippen LogP contribution < -0.4 is 0 Å². The number of carbonyl (C=O) groups excluding carboxylic acids is 1. The van der Waals surface area contributed by atoms with Crippen LogP contribution in [0.2, 0.25) is 5.02 Å². The van der Waals surface area contributed by atoms with E-state index >= 15 is 0 Å². The Balaban J connectivity index is 2.57. The number of hydrogen-bond donors (Lipinski definition) is 0. The molecule has 0 saturated carbocycles. The highest BCUT2D eigenvalue weighted by molar-refractivity contribution is 6.31. The summed E-state index contributed by atoms with van der Waals surface area (Å²) in [7, 11) is 3.32. The van der Waals surface area contributed by atoms with E-state index in [0.717, 1.165) is 0 Å². The monoisotopic (exact) mass is 303 g/mol.